The molecule has 1 aromatic rings. The van der Waals surface area contributed by atoms with Crippen molar-refractivity contribution in [3.8, 4) is 0 Å². The fourth-order valence-corrected chi connectivity index (χ4v) is 6.47. The summed E-state index contributed by atoms with van der Waals surface area (Å²) in [6.07, 6.45) is 11.4. The topological polar surface area (TPSA) is 98.6 Å². The summed E-state index contributed by atoms with van der Waals surface area (Å²) in [6, 6.07) is 6.12. The lowest BCUT2D eigenvalue weighted by molar-refractivity contribution is -0.128. The molecule has 10 heteroatoms. The van der Waals surface area contributed by atoms with Gasteiger partial charge in [0, 0.05) is 66.3 Å². The maximum absolute atomic E-state index is 14.2. The molecule has 0 bridgehead atoms. The summed E-state index contributed by atoms with van der Waals surface area (Å²) in [7, 11) is 2.08. The average Bonchev–Trinajstić information content (AvgIpc) is 3.35. The lowest BCUT2D eigenvalue weighted by Gasteiger charge is -2.31. The summed E-state index contributed by atoms with van der Waals surface area (Å²) >= 11 is 6.82. The molecule has 44 heavy (non-hydrogen) atoms. The summed E-state index contributed by atoms with van der Waals surface area (Å²) in [6.45, 7) is 11.7. The minimum absolute atomic E-state index is 0.180. The third-order valence-electron chi connectivity index (χ3n) is 8.85. The summed E-state index contributed by atoms with van der Waals surface area (Å²) in [4.78, 5) is 40.5. The number of ether oxygens (including phenoxy) is 1. The molecule has 0 aliphatic carbocycles. The number of amides is 2. The Morgan fingerprint density at radius 3 is 2.73 bits per heavy atom. The van der Waals surface area contributed by atoms with Gasteiger partial charge in [-0.25, -0.2) is 4.99 Å². The molecular weight excluding hydrogens is 576 g/mol. The molecule has 9 nitrogen and oxygen atoms in total. The number of hydrogen-bond donors (Lipinski definition) is 2. The predicted molar refractivity (Wildman–Crippen MR) is 178 cm³/mol. The molecule has 2 amide bonds. The molecule has 2 N–H and O–H groups in total. The predicted octanol–water partition coefficient (Wildman–Crippen LogP) is 4.46. The van der Waals surface area contributed by atoms with E-state index in [0.29, 0.717) is 59.1 Å². The second kappa shape index (κ2) is 14.5. The van der Waals surface area contributed by atoms with Crippen LogP contribution in [0.4, 0.5) is 0 Å². The molecule has 2 fully saturated rings. The lowest BCUT2D eigenvalue weighted by Crippen LogP contribution is -2.49. The first kappa shape index (κ1) is 31.9. The van der Waals surface area contributed by atoms with Gasteiger partial charge < -0.3 is 20.3 Å². The Morgan fingerprint density at radius 2 is 2.07 bits per heavy atom. The maximum Gasteiger partial charge on any atom is 0.260 e. The molecule has 0 spiro atoms. The van der Waals surface area contributed by atoms with Gasteiger partial charge in [0.1, 0.15) is 18.2 Å². The highest BCUT2D eigenvalue weighted by Crippen LogP contribution is 2.33. The maximum atomic E-state index is 14.2. The van der Waals surface area contributed by atoms with E-state index in [2.05, 4.69) is 47.2 Å². The van der Waals surface area contributed by atoms with Crippen molar-refractivity contribution in [1.29, 1.82) is 0 Å². The first-order chi connectivity index (χ1) is 21.2. The van der Waals surface area contributed by atoms with E-state index >= 15 is 0 Å². The van der Waals surface area contributed by atoms with Gasteiger partial charge in [0.25, 0.3) is 5.91 Å². The van der Waals surface area contributed by atoms with Gasteiger partial charge >= 0.3 is 0 Å². The average molecular weight is 619 g/mol. The normalized spacial score (nSPS) is 24.9. The Balaban J connectivity index is 1.43. The van der Waals surface area contributed by atoms with Crippen molar-refractivity contribution >= 4 is 46.6 Å². The number of hydrogen-bond acceptors (Lipinski definition) is 7. The van der Waals surface area contributed by atoms with Crippen LogP contribution in [0.5, 0.6) is 0 Å². The van der Waals surface area contributed by atoms with Gasteiger partial charge in [0.05, 0.1) is 0 Å². The Kier molecular flexibility index (Phi) is 10.5. The van der Waals surface area contributed by atoms with Crippen molar-refractivity contribution in [1.82, 2.24) is 20.4 Å². The number of likely N-dealkylation sites (tertiary alicyclic amines) is 1. The number of aliphatic imine (C=N–C) groups is 2. The number of dihydropyridines is 1. The fraction of sp³-hybridized carbons (Fsp3) is 0.471. The lowest BCUT2D eigenvalue weighted by atomic mass is 9.94. The Morgan fingerprint density at radius 1 is 1.27 bits per heavy atom. The summed E-state index contributed by atoms with van der Waals surface area (Å²) in [5, 5.41) is 6.89. The molecule has 4 aliphatic heterocycles. The van der Waals surface area contributed by atoms with Crippen molar-refractivity contribution in [2.24, 2.45) is 15.9 Å². The summed E-state index contributed by atoms with van der Waals surface area (Å²) in [5.41, 5.74) is 3.65. The number of rotatable bonds is 9. The van der Waals surface area contributed by atoms with E-state index in [0.717, 1.165) is 49.9 Å². The van der Waals surface area contributed by atoms with Crippen LogP contribution in [0.2, 0.25) is 5.02 Å². The number of benzene rings is 1. The first-order valence-electron chi connectivity index (χ1n) is 15.5. The third-order valence-corrected chi connectivity index (χ3v) is 9.16. The molecule has 2 saturated heterocycles. The minimum Gasteiger partial charge on any atom is -0.381 e. The highest BCUT2D eigenvalue weighted by Gasteiger charge is 2.34. The second-order valence-corrected chi connectivity index (χ2v) is 12.3. The zero-order valence-electron chi connectivity index (χ0n) is 25.9. The highest BCUT2D eigenvalue weighted by molar-refractivity contribution is 6.38. The number of carbonyl (C=O) groups excluding carboxylic acids is 2. The molecular formula is C34H43ClN6O3. The minimum atomic E-state index is -0.345. The molecule has 4 heterocycles. The van der Waals surface area contributed by atoms with Gasteiger partial charge in [0.2, 0.25) is 5.91 Å². The molecule has 0 radical (unpaired) electrons. The van der Waals surface area contributed by atoms with Crippen molar-refractivity contribution < 1.29 is 14.3 Å². The van der Waals surface area contributed by atoms with Crippen LogP contribution in [-0.2, 0) is 14.3 Å². The monoisotopic (exact) mass is 618 g/mol. The number of halogens is 1. The van der Waals surface area contributed by atoms with Crippen LogP contribution in [-0.4, -0.2) is 92.2 Å². The van der Waals surface area contributed by atoms with E-state index in [-0.39, 0.29) is 30.4 Å². The number of allylic oxidation sites excluding steroid dienone is 2. The zero-order valence-corrected chi connectivity index (χ0v) is 26.7. The van der Waals surface area contributed by atoms with Gasteiger partial charge in [-0.2, -0.15) is 0 Å². The van der Waals surface area contributed by atoms with Crippen LogP contribution in [0.3, 0.4) is 0 Å². The quantitative estimate of drug-likeness (QED) is 0.426. The van der Waals surface area contributed by atoms with E-state index in [1.165, 1.54) is 4.90 Å². The van der Waals surface area contributed by atoms with Gasteiger partial charge in [-0.3, -0.25) is 19.5 Å². The van der Waals surface area contributed by atoms with Crippen LogP contribution in [0, 0.1) is 5.92 Å². The molecule has 1 aromatic carbocycles. The van der Waals surface area contributed by atoms with E-state index in [9.17, 15) is 9.59 Å². The smallest absolute Gasteiger partial charge is 0.260 e. The van der Waals surface area contributed by atoms with Crippen molar-refractivity contribution in [2.75, 3.05) is 46.4 Å². The van der Waals surface area contributed by atoms with E-state index < -0.39 is 0 Å². The number of nitrogens with one attached hydrogen (secondary N) is 2. The van der Waals surface area contributed by atoms with E-state index in [4.69, 9.17) is 21.3 Å². The van der Waals surface area contributed by atoms with Gasteiger partial charge in [0.15, 0.2) is 0 Å². The van der Waals surface area contributed by atoms with E-state index in [1.54, 1.807) is 6.08 Å². The van der Waals surface area contributed by atoms with Gasteiger partial charge in [-0.1, -0.05) is 49.4 Å². The zero-order chi connectivity index (χ0) is 31.2. The van der Waals surface area contributed by atoms with Crippen molar-refractivity contribution in [3.63, 3.8) is 0 Å². The number of amidine groups is 1. The Hall–Kier alpha value is -3.53. The number of nitrogens with zero attached hydrogens (tertiary/aromatic N) is 4. The molecule has 2 atom stereocenters. The standard InChI is InChI=1S/C34H43ClN6O3/c1-5-24-17-29(28-9-8-25(18-30(28)35)26-7-6-13-36-19-26)34(43)41(21-32(42)37-20-31-22(2)10-14-40(31)4)33(24)39-23(3)38-27-11-15-44-16-12-27/h5,7-9,17-19,22,27,31,38H,3,6,10-16,20-21H2,1-2,4H3,(H,37,42)/b24-5-,39-33+. The SMILES string of the molecule is C=C(/N=C1\C(=C/C)C=C(c2ccc(C3=CCCN=C3)cc2Cl)C(=O)N1CC(=O)NCC1C(C)CCN1C)NC1CCOCC1. The molecule has 4 aliphatic rings. The van der Waals surface area contributed by atoms with Crippen LogP contribution < -0.4 is 10.6 Å². The Labute approximate surface area is 265 Å². The van der Waals surface area contributed by atoms with Gasteiger partial charge in [-0.05, 0) is 75.4 Å². The van der Waals surface area contributed by atoms with Crippen LogP contribution in [0.25, 0.3) is 11.1 Å². The van der Waals surface area contributed by atoms with E-state index in [1.807, 2.05) is 37.4 Å². The summed E-state index contributed by atoms with van der Waals surface area (Å²) in [5.74, 6) is 0.709. The molecule has 2 unspecified atom stereocenters. The van der Waals surface area contributed by atoms with Crippen LogP contribution in [0.15, 0.2) is 64.4 Å². The molecule has 0 aromatic heterocycles. The second-order valence-electron chi connectivity index (χ2n) is 11.9. The van der Waals surface area contributed by atoms with Crippen LogP contribution >= 0.6 is 11.6 Å². The number of likely N-dealkylation sites (N-methyl/N-ethyl adjacent to an activating group) is 1. The number of carbonyl (C=O) groups is 2. The van der Waals surface area contributed by atoms with Crippen LogP contribution in [0.1, 0.15) is 50.7 Å². The molecule has 234 valence electrons. The Bertz CT molecular complexity index is 1430. The molecule has 5 rings (SSSR count). The fourth-order valence-electron chi connectivity index (χ4n) is 6.18. The van der Waals surface area contributed by atoms with Crippen molar-refractivity contribution in [2.45, 2.75) is 51.6 Å². The largest absolute Gasteiger partial charge is 0.381 e. The first-order valence-corrected chi connectivity index (χ1v) is 15.9. The molecule has 0 saturated carbocycles. The highest BCUT2D eigenvalue weighted by atomic mass is 35.5. The summed E-state index contributed by atoms with van der Waals surface area (Å²) < 4.78 is 5.48. The van der Waals surface area contributed by atoms with Gasteiger partial charge in [-0.15, -0.1) is 0 Å². The van der Waals surface area contributed by atoms with Crippen molar-refractivity contribution in [3.05, 3.63) is 70.5 Å². The third kappa shape index (κ3) is 7.39.